The van der Waals surface area contributed by atoms with Gasteiger partial charge in [-0.15, -0.1) is 0 Å². The molecule has 0 fully saturated rings. The van der Waals surface area contributed by atoms with Gasteiger partial charge in [-0.1, -0.05) is 28.1 Å². The van der Waals surface area contributed by atoms with E-state index in [2.05, 4.69) is 15.9 Å². The summed E-state index contributed by atoms with van der Waals surface area (Å²) in [4.78, 5) is 0. The summed E-state index contributed by atoms with van der Waals surface area (Å²) in [6.45, 7) is 1.22. The average Bonchev–Trinajstić information content (AvgIpc) is 2.55. The molecule has 0 unspecified atom stereocenters. The average molecular weight is 379 g/mol. The zero-order valence-electron chi connectivity index (χ0n) is 13.6. The highest BCUT2D eigenvalue weighted by Crippen LogP contribution is 2.35. The highest BCUT2D eigenvalue weighted by Gasteiger charge is 2.15. The van der Waals surface area contributed by atoms with E-state index in [1.54, 1.807) is 14.2 Å². The molecule has 5 heteroatoms. The minimum atomic E-state index is 0.605. The summed E-state index contributed by atoms with van der Waals surface area (Å²) in [6, 6.07) is 10.0. The Hall–Kier alpha value is -1.56. The van der Waals surface area contributed by atoms with Crippen molar-refractivity contribution in [2.75, 3.05) is 38.9 Å². The number of nitrogens with two attached hydrogens (primary N) is 2. The third-order valence-electron chi connectivity index (χ3n) is 3.90. The normalized spacial score (nSPS) is 10.9. The first-order valence-electron chi connectivity index (χ1n) is 7.52. The molecule has 0 radical (unpaired) electrons. The zero-order valence-corrected chi connectivity index (χ0v) is 15.2. The van der Waals surface area contributed by atoms with Crippen LogP contribution in [0.15, 0.2) is 34.8 Å². The van der Waals surface area contributed by atoms with Gasteiger partial charge < -0.3 is 20.9 Å². The number of benzene rings is 2. The maximum absolute atomic E-state index is 6.47. The Bertz CT molecular complexity index is 657. The second-order valence-electron chi connectivity index (χ2n) is 5.38. The van der Waals surface area contributed by atoms with E-state index in [1.807, 2.05) is 30.3 Å². The van der Waals surface area contributed by atoms with Crippen LogP contribution in [0.25, 0.3) is 11.1 Å². The molecule has 0 aliphatic rings. The first-order chi connectivity index (χ1) is 11.1. The molecular weight excluding hydrogens is 356 g/mol. The summed E-state index contributed by atoms with van der Waals surface area (Å²) in [6.07, 6.45) is 1.47. The van der Waals surface area contributed by atoms with Crippen molar-refractivity contribution in [3.8, 4) is 11.1 Å². The van der Waals surface area contributed by atoms with Crippen LogP contribution in [-0.2, 0) is 22.3 Å². The second kappa shape index (κ2) is 8.34. The minimum absolute atomic E-state index is 0.605. The zero-order chi connectivity index (χ0) is 16.8. The van der Waals surface area contributed by atoms with Crippen LogP contribution in [0.2, 0.25) is 0 Å². The molecule has 2 aromatic rings. The Labute approximate surface area is 145 Å². The first kappa shape index (κ1) is 17.8. The first-order valence-corrected chi connectivity index (χ1v) is 8.31. The summed E-state index contributed by atoms with van der Waals surface area (Å²) in [7, 11) is 3.37. The molecule has 0 aliphatic heterocycles. The van der Waals surface area contributed by atoms with Gasteiger partial charge in [-0.25, -0.2) is 0 Å². The Morgan fingerprint density at radius 1 is 0.913 bits per heavy atom. The van der Waals surface area contributed by atoms with Crippen LogP contribution in [0.3, 0.4) is 0 Å². The van der Waals surface area contributed by atoms with E-state index < -0.39 is 0 Å². The van der Waals surface area contributed by atoms with Crippen LogP contribution in [0.1, 0.15) is 11.1 Å². The van der Waals surface area contributed by atoms with Gasteiger partial charge in [0.1, 0.15) is 0 Å². The Morgan fingerprint density at radius 3 is 2.04 bits per heavy atom. The molecule has 0 aliphatic carbocycles. The van der Waals surface area contributed by atoms with Crippen molar-refractivity contribution in [1.29, 1.82) is 0 Å². The van der Waals surface area contributed by atoms with Crippen LogP contribution in [0.5, 0.6) is 0 Å². The topological polar surface area (TPSA) is 70.5 Å². The summed E-state index contributed by atoms with van der Waals surface area (Å²) in [5.41, 5.74) is 18.4. The van der Waals surface area contributed by atoms with Gasteiger partial charge in [-0.05, 0) is 47.7 Å². The molecule has 2 rings (SSSR count). The van der Waals surface area contributed by atoms with Crippen molar-refractivity contribution in [2.24, 2.45) is 0 Å². The van der Waals surface area contributed by atoms with Crippen molar-refractivity contribution in [1.82, 2.24) is 0 Å². The van der Waals surface area contributed by atoms with E-state index in [1.165, 1.54) is 0 Å². The number of hydrogen-bond donors (Lipinski definition) is 2. The predicted octanol–water partition coefficient (Wildman–Crippen LogP) is 3.66. The largest absolute Gasteiger partial charge is 0.398 e. The number of halogens is 1. The summed E-state index contributed by atoms with van der Waals surface area (Å²) in [5.74, 6) is 0. The molecule has 0 heterocycles. The molecular formula is C18H23BrN2O2. The Kier molecular flexibility index (Phi) is 6.45. The molecule has 0 atom stereocenters. The van der Waals surface area contributed by atoms with E-state index in [4.69, 9.17) is 20.9 Å². The van der Waals surface area contributed by atoms with Gasteiger partial charge >= 0.3 is 0 Å². The standard InChI is InChI=1S/C18H23BrN2O2/c1-22-9-7-14-15(8-10-23-2)18(21)16(11-17(14)20)12-3-5-13(19)6-4-12/h3-6,11H,7-10,20-21H2,1-2H3. The minimum Gasteiger partial charge on any atom is -0.398 e. The fourth-order valence-corrected chi connectivity index (χ4v) is 2.94. The summed E-state index contributed by atoms with van der Waals surface area (Å²) >= 11 is 3.45. The number of rotatable bonds is 7. The van der Waals surface area contributed by atoms with E-state index in [9.17, 15) is 0 Å². The number of ether oxygens (including phenoxy) is 2. The number of hydrogen-bond acceptors (Lipinski definition) is 4. The van der Waals surface area contributed by atoms with Gasteiger partial charge in [0.25, 0.3) is 0 Å². The van der Waals surface area contributed by atoms with Crippen LogP contribution < -0.4 is 11.5 Å². The highest BCUT2D eigenvalue weighted by atomic mass is 79.9. The van der Waals surface area contributed by atoms with E-state index in [0.29, 0.717) is 13.2 Å². The molecule has 0 spiro atoms. The smallest absolute Gasteiger partial charge is 0.0503 e. The number of nitrogen functional groups attached to an aromatic ring is 2. The lowest BCUT2D eigenvalue weighted by molar-refractivity contribution is 0.198. The van der Waals surface area contributed by atoms with Gasteiger partial charge in [0.15, 0.2) is 0 Å². The van der Waals surface area contributed by atoms with Gasteiger partial charge in [0.2, 0.25) is 0 Å². The van der Waals surface area contributed by atoms with E-state index in [-0.39, 0.29) is 0 Å². The van der Waals surface area contributed by atoms with Gasteiger partial charge in [0.05, 0.1) is 13.2 Å². The highest BCUT2D eigenvalue weighted by molar-refractivity contribution is 9.10. The Morgan fingerprint density at radius 2 is 1.48 bits per heavy atom. The number of methoxy groups -OCH3 is 2. The van der Waals surface area contributed by atoms with Gasteiger partial charge in [-0.2, -0.15) is 0 Å². The number of anilines is 2. The lowest BCUT2D eigenvalue weighted by Gasteiger charge is -2.19. The van der Waals surface area contributed by atoms with Crippen LogP contribution in [0.4, 0.5) is 11.4 Å². The molecule has 0 saturated heterocycles. The molecule has 124 valence electrons. The van der Waals surface area contributed by atoms with Crippen molar-refractivity contribution in [2.45, 2.75) is 12.8 Å². The third-order valence-corrected chi connectivity index (χ3v) is 4.42. The molecule has 0 bridgehead atoms. The lowest BCUT2D eigenvalue weighted by atomic mass is 9.92. The van der Waals surface area contributed by atoms with E-state index in [0.717, 1.165) is 50.9 Å². The molecule has 4 nitrogen and oxygen atoms in total. The predicted molar refractivity (Wildman–Crippen MR) is 99.6 cm³/mol. The molecule has 0 amide bonds. The van der Waals surface area contributed by atoms with Crippen LogP contribution >= 0.6 is 15.9 Å². The van der Waals surface area contributed by atoms with Crippen molar-refractivity contribution in [3.63, 3.8) is 0 Å². The van der Waals surface area contributed by atoms with Crippen molar-refractivity contribution >= 4 is 27.3 Å². The maximum Gasteiger partial charge on any atom is 0.0503 e. The summed E-state index contributed by atoms with van der Waals surface area (Å²) < 4.78 is 11.5. The van der Waals surface area contributed by atoms with Crippen molar-refractivity contribution < 1.29 is 9.47 Å². The molecule has 23 heavy (non-hydrogen) atoms. The Balaban J connectivity index is 2.52. The molecule has 0 aromatic heterocycles. The fourth-order valence-electron chi connectivity index (χ4n) is 2.68. The molecule has 4 N–H and O–H groups in total. The quantitative estimate of drug-likeness (QED) is 0.721. The second-order valence-corrected chi connectivity index (χ2v) is 6.29. The van der Waals surface area contributed by atoms with Crippen LogP contribution in [-0.4, -0.2) is 27.4 Å². The van der Waals surface area contributed by atoms with Crippen molar-refractivity contribution in [3.05, 3.63) is 45.9 Å². The van der Waals surface area contributed by atoms with Gasteiger partial charge in [0, 0.05) is 35.6 Å². The monoisotopic (exact) mass is 378 g/mol. The van der Waals surface area contributed by atoms with Crippen LogP contribution in [0, 0.1) is 0 Å². The van der Waals surface area contributed by atoms with E-state index >= 15 is 0 Å². The fraction of sp³-hybridized carbons (Fsp3) is 0.333. The maximum atomic E-state index is 6.47. The van der Waals surface area contributed by atoms with Gasteiger partial charge in [-0.3, -0.25) is 0 Å². The molecule has 0 saturated carbocycles. The SMILES string of the molecule is COCCc1c(N)cc(-c2ccc(Br)cc2)c(N)c1CCOC. The molecule has 2 aromatic carbocycles. The lowest BCUT2D eigenvalue weighted by Crippen LogP contribution is -2.10. The third kappa shape index (κ3) is 4.25. The summed E-state index contributed by atoms with van der Waals surface area (Å²) in [5, 5.41) is 0.